The highest BCUT2D eigenvalue weighted by atomic mass is 35.5. The van der Waals surface area contributed by atoms with Gasteiger partial charge in [0.25, 0.3) is 5.91 Å². The molecule has 1 aromatic heterocycles. The number of hydrogen-bond acceptors (Lipinski definition) is 2. The minimum absolute atomic E-state index is 0.207. The first-order valence-electron chi connectivity index (χ1n) is 3.70. The average molecular weight is 200 g/mol. The number of aryl methyl sites for hydroxylation is 1. The van der Waals surface area contributed by atoms with Crippen LogP contribution in [0.25, 0.3) is 0 Å². The Kier molecular flexibility index (Phi) is 3.08. The van der Waals surface area contributed by atoms with E-state index in [1.807, 2.05) is 0 Å². The molecule has 0 fully saturated rings. The predicted molar refractivity (Wildman–Crippen MR) is 50.5 cm³/mol. The van der Waals surface area contributed by atoms with E-state index in [-0.39, 0.29) is 12.5 Å². The second-order valence-corrected chi connectivity index (χ2v) is 3.07. The highest BCUT2D eigenvalue weighted by Gasteiger charge is 2.08. The van der Waals surface area contributed by atoms with E-state index < -0.39 is 0 Å². The maximum atomic E-state index is 11.4. The quantitative estimate of drug-likeness (QED) is 0.787. The van der Waals surface area contributed by atoms with Gasteiger partial charge in [0, 0.05) is 18.3 Å². The topological polar surface area (TPSA) is 46.9 Å². The monoisotopic (exact) mass is 199 g/mol. The van der Waals surface area contributed by atoms with Gasteiger partial charge in [-0.25, -0.2) is 0 Å². The van der Waals surface area contributed by atoms with Crippen LogP contribution in [0.3, 0.4) is 0 Å². The van der Waals surface area contributed by atoms with E-state index in [1.165, 1.54) is 4.68 Å². The van der Waals surface area contributed by atoms with Crippen LogP contribution in [0.1, 0.15) is 10.5 Å². The molecule has 4 nitrogen and oxygen atoms in total. The van der Waals surface area contributed by atoms with Crippen molar-refractivity contribution in [2.45, 2.75) is 0 Å². The largest absolute Gasteiger partial charge is 0.346 e. The van der Waals surface area contributed by atoms with Gasteiger partial charge in [0.15, 0.2) is 0 Å². The number of carbonyl (C=O) groups is 1. The fraction of sp³-hybridized carbons (Fsp3) is 0.250. The molecule has 0 aliphatic rings. The molecule has 0 radical (unpaired) electrons. The zero-order valence-electron chi connectivity index (χ0n) is 7.25. The van der Waals surface area contributed by atoms with Crippen LogP contribution in [0.5, 0.6) is 0 Å². The summed E-state index contributed by atoms with van der Waals surface area (Å²) >= 11 is 5.49. The van der Waals surface area contributed by atoms with Crippen LogP contribution in [-0.2, 0) is 7.05 Å². The number of nitrogens with zero attached hydrogens (tertiary/aromatic N) is 2. The first-order chi connectivity index (χ1) is 6.11. The van der Waals surface area contributed by atoms with E-state index in [0.29, 0.717) is 10.7 Å². The molecular formula is C8H10ClN3O. The number of rotatable bonds is 3. The van der Waals surface area contributed by atoms with Gasteiger partial charge < -0.3 is 5.32 Å². The van der Waals surface area contributed by atoms with Crippen LogP contribution in [0, 0.1) is 0 Å². The van der Waals surface area contributed by atoms with Gasteiger partial charge in [0.2, 0.25) is 0 Å². The fourth-order valence-corrected chi connectivity index (χ4v) is 0.930. The lowest BCUT2D eigenvalue weighted by atomic mass is 10.4. The van der Waals surface area contributed by atoms with Crippen molar-refractivity contribution in [2.24, 2.45) is 7.05 Å². The second-order valence-electron chi connectivity index (χ2n) is 2.54. The SMILES string of the molecule is C=C(Cl)CNC(=O)c1ccnn1C. The molecule has 0 unspecified atom stereocenters. The number of amides is 1. The van der Waals surface area contributed by atoms with Crippen LogP contribution < -0.4 is 5.32 Å². The Hall–Kier alpha value is -1.29. The predicted octanol–water partition coefficient (Wildman–Crippen LogP) is 0.902. The van der Waals surface area contributed by atoms with Gasteiger partial charge in [-0.3, -0.25) is 9.48 Å². The molecule has 0 aliphatic heterocycles. The third-order valence-electron chi connectivity index (χ3n) is 1.49. The van der Waals surface area contributed by atoms with E-state index in [4.69, 9.17) is 11.6 Å². The van der Waals surface area contributed by atoms with Gasteiger partial charge in [0.05, 0.1) is 6.54 Å². The molecule has 0 aromatic carbocycles. The van der Waals surface area contributed by atoms with Crippen LogP contribution >= 0.6 is 11.6 Å². The maximum absolute atomic E-state index is 11.4. The summed E-state index contributed by atoms with van der Waals surface area (Å²) in [5.41, 5.74) is 0.498. The molecule has 0 atom stereocenters. The normalized spacial score (nSPS) is 9.69. The van der Waals surface area contributed by atoms with Crippen LogP contribution in [0.4, 0.5) is 0 Å². The van der Waals surface area contributed by atoms with Crippen molar-refractivity contribution in [3.05, 3.63) is 29.6 Å². The lowest BCUT2D eigenvalue weighted by molar-refractivity contribution is 0.0948. The molecule has 13 heavy (non-hydrogen) atoms. The first-order valence-corrected chi connectivity index (χ1v) is 4.08. The molecule has 1 N–H and O–H groups in total. The Balaban J connectivity index is 2.59. The van der Waals surface area contributed by atoms with Crippen molar-refractivity contribution >= 4 is 17.5 Å². The third kappa shape index (κ3) is 2.59. The Labute approximate surface area is 81.2 Å². The summed E-state index contributed by atoms with van der Waals surface area (Å²) in [4.78, 5) is 11.4. The fourth-order valence-electron chi connectivity index (χ4n) is 0.863. The van der Waals surface area contributed by atoms with Crippen molar-refractivity contribution in [3.8, 4) is 0 Å². The summed E-state index contributed by atoms with van der Waals surface area (Å²) in [6.07, 6.45) is 1.56. The van der Waals surface area contributed by atoms with Crippen LogP contribution in [-0.4, -0.2) is 22.2 Å². The molecule has 70 valence electrons. The number of nitrogens with one attached hydrogen (secondary N) is 1. The van der Waals surface area contributed by atoms with E-state index in [0.717, 1.165) is 0 Å². The van der Waals surface area contributed by atoms with Crippen molar-refractivity contribution in [1.29, 1.82) is 0 Å². The Morgan fingerprint density at radius 2 is 2.54 bits per heavy atom. The Morgan fingerprint density at radius 3 is 3.00 bits per heavy atom. The van der Waals surface area contributed by atoms with Crippen molar-refractivity contribution in [2.75, 3.05) is 6.54 Å². The van der Waals surface area contributed by atoms with Gasteiger partial charge in [-0.15, -0.1) is 0 Å². The third-order valence-corrected chi connectivity index (χ3v) is 1.63. The smallest absolute Gasteiger partial charge is 0.269 e. The highest BCUT2D eigenvalue weighted by Crippen LogP contribution is 1.97. The standard InChI is InChI=1S/C8H10ClN3O/c1-6(9)5-10-8(13)7-3-4-11-12(7)2/h3-4H,1,5H2,2H3,(H,10,13). The molecular weight excluding hydrogens is 190 g/mol. The van der Waals surface area contributed by atoms with Crippen LogP contribution in [0.2, 0.25) is 0 Å². The van der Waals surface area contributed by atoms with E-state index in [1.54, 1.807) is 19.3 Å². The van der Waals surface area contributed by atoms with Crippen LogP contribution in [0.15, 0.2) is 23.9 Å². The second kappa shape index (κ2) is 4.09. The highest BCUT2D eigenvalue weighted by molar-refractivity contribution is 6.29. The van der Waals surface area contributed by atoms with Gasteiger partial charge in [-0.2, -0.15) is 5.10 Å². The Bertz CT molecular complexity index is 332. The molecule has 1 aromatic rings. The summed E-state index contributed by atoms with van der Waals surface area (Å²) < 4.78 is 1.49. The summed E-state index contributed by atoms with van der Waals surface area (Å²) in [6.45, 7) is 3.73. The lowest BCUT2D eigenvalue weighted by Crippen LogP contribution is -2.26. The number of hydrogen-bond donors (Lipinski definition) is 1. The molecule has 0 spiro atoms. The first kappa shape index (κ1) is 9.80. The average Bonchev–Trinajstić information content (AvgIpc) is 2.47. The summed E-state index contributed by atoms with van der Waals surface area (Å²) in [6, 6.07) is 1.63. The van der Waals surface area contributed by atoms with E-state index in [9.17, 15) is 4.79 Å². The van der Waals surface area contributed by atoms with Crippen molar-refractivity contribution in [3.63, 3.8) is 0 Å². The minimum Gasteiger partial charge on any atom is -0.346 e. The zero-order valence-corrected chi connectivity index (χ0v) is 8.01. The van der Waals surface area contributed by atoms with Gasteiger partial charge in [-0.05, 0) is 6.07 Å². The molecule has 0 saturated heterocycles. The van der Waals surface area contributed by atoms with Crippen molar-refractivity contribution < 1.29 is 4.79 Å². The number of carbonyl (C=O) groups excluding carboxylic acids is 1. The minimum atomic E-state index is -0.207. The molecule has 5 heteroatoms. The zero-order chi connectivity index (χ0) is 9.84. The maximum Gasteiger partial charge on any atom is 0.269 e. The molecule has 0 saturated carbocycles. The van der Waals surface area contributed by atoms with E-state index in [2.05, 4.69) is 17.0 Å². The van der Waals surface area contributed by atoms with Gasteiger partial charge in [-0.1, -0.05) is 18.2 Å². The summed E-state index contributed by atoms with van der Waals surface area (Å²) in [5, 5.41) is 6.86. The lowest BCUT2D eigenvalue weighted by Gasteiger charge is -2.03. The molecule has 0 bridgehead atoms. The number of halogens is 1. The van der Waals surface area contributed by atoms with Crippen molar-refractivity contribution in [1.82, 2.24) is 15.1 Å². The summed E-state index contributed by atoms with van der Waals surface area (Å²) in [7, 11) is 1.70. The molecule has 1 amide bonds. The number of aromatic nitrogens is 2. The molecule has 1 heterocycles. The van der Waals surface area contributed by atoms with Gasteiger partial charge in [0.1, 0.15) is 5.69 Å². The van der Waals surface area contributed by atoms with E-state index >= 15 is 0 Å². The summed E-state index contributed by atoms with van der Waals surface area (Å²) in [5.74, 6) is -0.207. The molecule has 0 aliphatic carbocycles. The molecule has 1 rings (SSSR count). The van der Waals surface area contributed by atoms with Gasteiger partial charge >= 0.3 is 0 Å². The Morgan fingerprint density at radius 1 is 1.85 bits per heavy atom.